The van der Waals surface area contributed by atoms with Gasteiger partial charge in [0, 0.05) is 4.90 Å². The molecule has 0 heterocycles. The van der Waals surface area contributed by atoms with Crippen molar-refractivity contribution in [3.8, 4) is 0 Å². The molecule has 20 heavy (non-hydrogen) atoms. The Hall–Kier alpha value is -1.24. The number of nitrogens with one attached hydrogen (secondary N) is 1. The number of anilines is 1. The Morgan fingerprint density at radius 3 is 2.60 bits per heavy atom. The monoisotopic (exact) mass is 317 g/mol. The SMILES string of the molecule is CCCC(N)C(=O)Nc1ccccc1SCC(N)=O.Cl. The van der Waals surface area contributed by atoms with Gasteiger partial charge in [-0.1, -0.05) is 25.5 Å². The van der Waals surface area contributed by atoms with Gasteiger partial charge in [0.2, 0.25) is 11.8 Å². The molecule has 1 atom stereocenters. The maximum Gasteiger partial charge on any atom is 0.241 e. The van der Waals surface area contributed by atoms with Crippen LogP contribution in [0.3, 0.4) is 0 Å². The first kappa shape index (κ1) is 18.8. The van der Waals surface area contributed by atoms with Crippen molar-refractivity contribution < 1.29 is 9.59 Å². The molecule has 1 unspecified atom stereocenters. The molecule has 0 fully saturated rings. The molecular formula is C13H20ClN3O2S. The number of carbonyl (C=O) groups excluding carboxylic acids is 2. The van der Waals surface area contributed by atoms with Gasteiger partial charge in [0.05, 0.1) is 17.5 Å². The maximum absolute atomic E-state index is 11.9. The van der Waals surface area contributed by atoms with Crippen LogP contribution in [0, 0.1) is 0 Å². The van der Waals surface area contributed by atoms with Gasteiger partial charge in [-0.25, -0.2) is 0 Å². The number of amides is 2. The van der Waals surface area contributed by atoms with Crippen LogP contribution in [-0.4, -0.2) is 23.6 Å². The van der Waals surface area contributed by atoms with Crippen molar-refractivity contribution in [1.82, 2.24) is 0 Å². The second kappa shape index (κ2) is 9.63. The molecule has 0 aliphatic rings. The lowest BCUT2D eigenvalue weighted by Gasteiger charge is -2.13. The minimum Gasteiger partial charge on any atom is -0.369 e. The van der Waals surface area contributed by atoms with Crippen LogP contribution >= 0.6 is 24.2 Å². The van der Waals surface area contributed by atoms with Crippen molar-refractivity contribution in [3.05, 3.63) is 24.3 Å². The number of rotatable bonds is 7. The Labute approximate surface area is 129 Å². The molecule has 1 aromatic carbocycles. The molecule has 0 saturated carbocycles. The average Bonchev–Trinajstić information content (AvgIpc) is 2.37. The summed E-state index contributed by atoms with van der Waals surface area (Å²) < 4.78 is 0. The molecule has 5 nitrogen and oxygen atoms in total. The van der Waals surface area contributed by atoms with Crippen LogP contribution in [0.25, 0.3) is 0 Å². The van der Waals surface area contributed by atoms with Crippen molar-refractivity contribution in [2.45, 2.75) is 30.7 Å². The van der Waals surface area contributed by atoms with E-state index >= 15 is 0 Å². The van der Waals surface area contributed by atoms with Crippen LogP contribution < -0.4 is 16.8 Å². The van der Waals surface area contributed by atoms with Gasteiger partial charge in [-0.05, 0) is 18.6 Å². The molecule has 112 valence electrons. The number of hydrogen-bond acceptors (Lipinski definition) is 4. The van der Waals surface area contributed by atoms with Crippen LogP contribution in [0.2, 0.25) is 0 Å². The summed E-state index contributed by atoms with van der Waals surface area (Å²) in [6.45, 7) is 1.98. The highest BCUT2D eigenvalue weighted by Crippen LogP contribution is 2.26. The highest BCUT2D eigenvalue weighted by Gasteiger charge is 2.14. The van der Waals surface area contributed by atoms with E-state index in [2.05, 4.69) is 5.32 Å². The fraction of sp³-hybridized carbons (Fsp3) is 0.385. The van der Waals surface area contributed by atoms with Crippen LogP contribution in [0.15, 0.2) is 29.2 Å². The van der Waals surface area contributed by atoms with Gasteiger partial charge in [0.25, 0.3) is 0 Å². The zero-order valence-electron chi connectivity index (χ0n) is 11.3. The summed E-state index contributed by atoms with van der Waals surface area (Å²) >= 11 is 1.29. The molecular weight excluding hydrogens is 298 g/mol. The van der Waals surface area contributed by atoms with Crippen LogP contribution in [-0.2, 0) is 9.59 Å². The highest BCUT2D eigenvalue weighted by molar-refractivity contribution is 8.00. The number of thioether (sulfide) groups is 1. The number of benzene rings is 1. The van der Waals surface area contributed by atoms with E-state index in [0.29, 0.717) is 12.1 Å². The second-order valence-corrected chi connectivity index (χ2v) is 5.15. The first-order valence-electron chi connectivity index (χ1n) is 6.11. The summed E-state index contributed by atoms with van der Waals surface area (Å²) in [6.07, 6.45) is 1.50. The van der Waals surface area contributed by atoms with Gasteiger partial charge in [-0.3, -0.25) is 9.59 Å². The van der Waals surface area contributed by atoms with Gasteiger partial charge >= 0.3 is 0 Å². The third-order valence-corrected chi connectivity index (χ3v) is 3.55. The number of carbonyl (C=O) groups is 2. The Kier molecular flexibility index (Phi) is 9.03. The van der Waals surface area contributed by atoms with Gasteiger partial charge in [-0.2, -0.15) is 0 Å². The summed E-state index contributed by atoms with van der Waals surface area (Å²) in [7, 11) is 0. The van der Waals surface area contributed by atoms with E-state index in [-0.39, 0.29) is 24.1 Å². The molecule has 0 aromatic heterocycles. The van der Waals surface area contributed by atoms with Crippen molar-refractivity contribution in [1.29, 1.82) is 0 Å². The molecule has 7 heteroatoms. The van der Waals surface area contributed by atoms with Crippen molar-refractivity contribution in [2.75, 3.05) is 11.1 Å². The lowest BCUT2D eigenvalue weighted by Crippen LogP contribution is -2.35. The lowest BCUT2D eigenvalue weighted by molar-refractivity contribution is -0.117. The van der Waals surface area contributed by atoms with Crippen molar-refractivity contribution >= 4 is 41.7 Å². The average molecular weight is 318 g/mol. The number of halogens is 1. The predicted molar refractivity (Wildman–Crippen MR) is 85.1 cm³/mol. The summed E-state index contributed by atoms with van der Waals surface area (Å²) in [5.74, 6) is -0.434. The lowest BCUT2D eigenvalue weighted by atomic mass is 10.1. The van der Waals surface area contributed by atoms with E-state index in [1.807, 2.05) is 25.1 Å². The zero-order valence-corrected chi connectivity index (χ0v) is 12.9. The fourth-order valence-corrected chi connectivity index (χ4v) is 2.26. The Morgan fingerprint density at radius 1 is 1.35 bits per heavy atom. The van der Waals surface area contributed by atoms with Gasteiger partial charge in [-0.15, -0.1) is 24.2 Å². The molecule has 1 rings (SSSR count). The van der Waals surface area contributed by atoms with Crippen LogP contribution in [0.4, 0.5) is 5.69 Å². The molecule has 0 bridgehead atoms. The third kappa shape index (κ3) is 6.27. The molecule has 1 aromatic rings. The van der Waals surface area contributed by atoms with E-state index < -0.39 is 11.9 Å². The Morgan fingerprint density at radius 2 is 2.00 bits per heavy atom. The van der Waals surface area contributed by atoms with Gasteiger partial charge < -0.3 is 16.8 Å². The minimum absolute atomic E-state index is 0. The van der Waals surface area contributed by atoms with Crippen molar-refractivity contribution in [3.63, 3.8) is 0 Å². The normalized spacial score (nSPS) is 11.3. The molecule has 0 radical (unpaired) electrons. The van der Waals surface area contributed by atoms with Crippen molar-refractivity contribution in [2.24, 2.45) is 11.5 Å². The van der Waals surface area contributed by atoms with Crippen LogP contribution in [0.1, 0.15) is 19.8 Å². The molecule has 5 N–H and O–H groups in total. The summed E-state index contributed by atoms with van der Waals surface area (Å²) in [6, 6.07) is 6.74. The standard InChI is InChI=1S/C13H19N3O2S.ClH/c1-2-5-9(14)13(18)16-10-6-3-4-7-11(10)19-8-12(15)17;/h3-4,6-7,9H,2,5,8,14H2,1H3,(H2,15,17)(H,16,18);1H. The molecule has 0 spiro atoms. The van der Waals surface area contributed by atoms with Gasteiger partial charge in [0.1, 0.15) is 0 Å². The van der Waals surface area contributed by atoms with E-state index in [1.165, 1.54) is 11.8 Å². The summed E-state index contributed by atoms with van der Waals surface area (Å²) in [4.78, 5) is 23.5. The maximum atomic E-state index is 11.9. The Bertz CT molecular complexity index is 457. The molecule has 0 aliphatic carbocycles. The van der Waals surface area contributed by atoms with Crippen LogP contribution in [0.5, 0.6) is 0 Å². The van der Waals surface area contributed by atoms with Gasteiger partial charge in [0.15, 0.2) is 0 Å². The second-order valence-electron chi connectivity index (χ2n) is 4.14. The number of primary amides is 1. The first-order valence-corrected chi connectivity index (χ1v) is 7.09. The number of para-hydroxylation sites is 1. The van der Waals surface area contributed by atoms with E-state index in [9.17, 15) is 9.59 Å². The highest BCUT2D eigenvalue weighted by atomic mass is 35.5. The number of nitrogens with two attached hydrogens (primary N) is 2. The Balaban J connectivity index is 0.00000361. The number of hydrogen-bond donors (Lipinski definition) is 3. The quantitative estimate of drug-likeness (QED) is 0.667. The third-order valence-electron chi connectivity index (χ3n) is 2.45. The minimum atomic E-state index is -0.515. The summed E-state index contributed by atoms with van der Waals surface area (Å²) in [5.41, 5.74) is 11.5. The predicted octanol–water partition coefficient (Wildman–Crippen LogP) is 1.75. The largest absolute Gasteiger partial charge is 0.369 e. The molecule has 0 aliphatic heterocycles. The fourth-order valence-electron chi connectivity index (χ4n) is 1.51. The molecule has 0 saturated heterocycles. The molecule has 2 amide bonds. The van der Waals surface area contributed by atoms with E-state index in [1.54, 1.807) is 6.07 Å². The topological polar surface area (TPSA) is 98.2 Å². The van der Waals surface area contributed by atoms with E-state index in [0.717, 1.165) is 11.3 Å². The first-order chi connectivity index (χ1) is 9.04. The smallest absolute Gasteiger partial charge is 0.241 e. The summed E-state index contributed by atoms with van der Waals surface area (Å²) in [5, 5.41) is 2.78. The zero-order chi connectivity index (χ0) is 14.3. The van der Waals surface area contributed by atoms with E-state index in [4.69, 9.17) is 11.5 Å².